The Morgan fingerprint density at radius 1 is 0.964 bits per heavy atom. The number of rotatable bonds is 10. The standard InChI is InChI=1S/C23H30N2O3/c1-18(2)14-15-24-23(27)19(3)25(16-20-10-6-4-7-11-20)22(26)17-28-21-12-8-5-9-13-21/h4-13,18-19H,14-17H2,1-3H3,(H,24,27)/t19-/m1/s1. The molecule has 1 N–H and O–H groups in total. The molecule has 5 heteroatoms. The minimum Gasteiger partial charge on any atom is -0.484 e. The van der Waals surface area contributed by atoms with E-state index in [1.807, 2.05) is 48.5 Å². The van der Waals surface area contributed by atoms with Crippen LogP contribution in [-0.2, 0) is 16.1 Å². The molecule has 2 rings (SSSR count). The van der Waals surface area contributed by atoms with E-state index in [-0.39, 0.29) is 18.4 Å². The Labute approximate surface area is 167 Å². The predicted octanol–water partition coefficient (Wildman–Crippen LogP) is 3.65. The molecule has 0 bridgehead atoms. The van der Waals surface area contributed by atoms with Gasteiger partial charge in [-0.1, -0.05) is 62.4 Å². The first-order valence-electron chi connectivity index (χ1n) is 9.76. The Bertz CT molecular complexity index is 732. The molecular weight excluding hydrogens is 352 g/mol. The average Bonchev–Trinajstić information content (AvgIpc) is 2.71. The van der Waals surface area contributed by atoms with E-state index in [0.29, 0.717) is 24.8 Å². The van der Waals surface area contributed by atoms with Crippen molar-refractivity contribution in [3.8, 4) is 5.75 Å². The van der Waals surface area contributed by atoms with E-state index in [4.69, 9.17) is 4.74 Å². The third-order valence-corrected chi connectivity index (χ3v) is 4.49. The van der Waals surface area contributed by atoms with Gasteiger partial charge in [0.05, 0.1) is 0 Å². The normalized spacial score (nSPS) is 11.7. The fourth-order valence-electron chi connectivity index (χ4n) is 2.74. The zero-order chi connectivity index (χ0) is 20.4. The minimum atomic E-state index is -0.584. The van der Waals surface area contributed by atoms with Gasteiger partial charge >= 0.3 is 0 Å². The van der Waals surface area contributed by atoms with Gasteiger partial charge in [-0.15, -0.1) is 0 Å². The van der Waals surface area contributed by atoms with Gasteiger partial charge in [-0.25, -0.2) is 0 Å². The summed E-state index contributed by atoms with van der Waals surface area (Å²) in [4.78, 5) is 27.0. The van der Waals surface area contributed by atoms with E-state index < -0.39 is 6.04 Å². The van der Waals surface area contributed by atoms with Gasteiger partial charge < -0.3 is 15.0 Å². The van der Waals surface area contributed by atoms with E-state index >= 15 is 0 Å². The molecule has 0 fully saturated rings. The van der Waals surface area contributed by atoms with Crippen LogP contribution in [0.5, 0.6) is 5.75 Å². The highest BCUT2D eigenvalue weighted by Gasteiger charge is 2.26. The first-order valence-corrected chi connectivity index (χ1v) is 9.76. The summed E-state index contributed by atoms with van der Waals surface area (Å²) in [5, 5.41) is 2.94. The SMILES string of the molecule is CC(C)CCNC(=O)[C@@H](C)N(Cc1ccccc1)C(=O)COc1ccccc1. The maximum atomic E-state index is 12.9. The van der Waals surface area contributed by atoms with Gasteiger partial charge in [0.1, 0.15) is 11.8 Å². The third-order valence-electron chi connectivity index (χ3n) is 4.49. The number of amides is 2. The largest absolute Gasteiger partial charge is 0.484 e. The summed E-state index contributed by atoms with van der Waals surface area (Å²) < 4.78 is 5.61. The average molecular weight is 383 g/mol. The predicted molar refractivity (Wildman–Crippen MR) is 111 cm³/mol. The molecule has 2 aromatic carbocycles. The van der Waals surface area contributed by atoms with Crippen molar-refractivity contribution < 1.29 is 14.3 Å². The molecule has 0 aliphatic heterocycles. The summed E-state index contributed by atoms with van der Waals surface area (Å²) in [7, 11) is 0. The molecule has 150 valence electrons. The summed E-state index contributed by atoms with van der Waals surface area (Å²) in [5.41, 5.74) is 0.970. The zero-order valence-corrected chi connectivity index (χ0v) is 16.9. The van der Waals surface area contributed by atoms with Crippen LogP contribution in [0.15, 0.2) is 60.7 Å². The molecule has 0 unspecified atom stereocenters. The monoisotopic (exact) mass is 382 g/mol. The number of nitrogens with one attached hydrogen (secondary N) is 1. The van der Waals surface area contributed by atoms with Crippen LogP contribution in [0.25, 0.3) is 0 Å². The Balaban J connectivity index is 2.04. The maximum absolute atomic E-state index is 12.9. The van der Waals surface area contributed by atoms with Crippen LogP contribution < -0.4 is 10.1 Å². The van der Waals surface area contributed by atoms with Crippen molar-refractivity contribution in [1.29, 1.82) is 0 Å². The lowest BCUT2D eigenvalue weighted by atomic mass is 10.1. The van der Waals surface area contributed by atoms with Crippen LogP contribution >= 0.6 is 0 Å². The Kier molecular flexibility index (Phi) is 8.53. The molecule has 0 saturated heterocycles. The van der Waals surface area contributed by atoms with Crippen molar-refractivity contribution >= 4 is 11.8 Å². The van der Waals surface area contributed by atoms with Crippen molar-refractivity contribution in [2.24, 2.45) is 5.92 Å². The first kappa shape index (κ1) is 21.5. The van der Waals surface area contributed by atoms with Gasteiger partial charge in [-0.3, -0.25) is 9.59 Å². The number of ether oxygens (including phenoxy) is 1. The highest BCUT2D eigenvalue weighted by Crippen LogP contribution is 2.12. The molecule has 0 aliphatic carbocycles. The second kappa shape index (κ2) is 11.1. The van der Waals surface area contributed by atoms with Crippen LogP contribution in [0.3, 0.4) is 0 Å². The molecule has 0 aliphatic rings. The fraction of sp³-hybridized carbons (Fsp3) is 0.391. The summed E-state index contributed by atoms with van der Waals surface area (Å²) in [5.74, 6) is 0.769. The van der Waals surface area contributed by atoms with Crippen LogP contribution in [0.2, 0.25) is 0 Å². The number of carbonyl (C=O) groups is 2. The van der Waals surface area contributed by atoms with Crippen LogP contribution in [-0.4, -0.2) is 35.9 Å². The molecule has 2 amide bonds. The summed E-state index contributed by atoms with van der Waals surface area (Å²) in [6.07, 6.45) is 0.905. The summed E-state index contributed by atoms with van der Waals surface area (Å²) in [6.45, 7) is 6.84. The van der Waals surface area contributed by atoms with Crippen LogP contribution in [0, 0.1) is 5.92 Å². The molecule has 1 atom stereocenters. The lowest BCUT2D eigenvalue weighted by Crippen LogP contribution is -2.49. The third kappa shape index (κ3) is 7.06. The van der Waals surface area contributed by atoms with Gasteiger partial charge in [0, 0.05) is 13.1 Å². The molecule has 2 aromatic rings. The van der Waals surface area contributed by atoms with Crippen molar-refractivity contribution in [3.63, 3.8) is 0 Å². The van der Waals surface area contributed by atoms with E-state index in [9.17, 15) is 9.59 Å². The number of hydrogen-bond acceptors (Lipinski definition) is 3. The summed E-state index contributed by atoms with van der Waals surface area (Å²) in [6, 6.07) is 18.3. The number of hydrogen-bond donors (Lipinski definition) is 1. The smallest absolute Gasteiger partial charge is 0.261 e. The Morgan fingerprint density at radius 3 is 2.18 bits per heavy atom. The van der Waals surface area contributed by atoms with Gasteiger partial charge in [0.2, 0.25) is 5.91 Å². The van der Waals surface area contributed by atoms with Crippen LogP contribution in [0.4, 0.5) is 0 Å². The molecule has 0 spiro atoms. The first-order chi connectivity index (χ1) is 13.5. The van der Waals surface area contributed by atoms with E-state index in [1.54, 1.807) is 24.0 Å². The Morgan fingerprint density at radius 2 is 1.57 bits per heavy atom. The molecule has 28 heavy (non-hydrogen) atoms. The van der Waals surface area contributed by atoms with Crippen LogP contribution in [0.1, 0.15) is 32.8 Å². The van der Waals surface area contributed by atoms with Gasteiger partial charge in [0.25, 0.3) is 5.91 Å². The fourth-order valence-corrected chi connectivity index (χ4v) is 2.74. The molecule has 5 nitrogen and oxygen atoms in total. The summed E-state index contributed by atoms with van der Waals surface area (Å²) >= 11 is 0. The highest BCUT2D eigenvalue weighted by atomic mass is 16.5. The number of para-hydroxylation sites is 1. The lowest BCUT2D eigenvalue weighted by molar-refractivity contribution is -0.142. The van der Waals surface area contributed by atoms with E-state index in [0.717, 1.165) is 12.0 Å². The maximum Gasteiger partial charge on any atom is 0.261 e. The second-order valence-electron chi connectivity index (χ2n) is 7.26. The molecule has 0 radical (unpaired) electrons. The van der Waals surface area contributed by atoms with Crippen molar-refractivity contribution in [1.82, 2.24) is 10.2 Å². The second-order valence-corrected chi connectivity index (χ2v) is 7.26. The highest BCUT2D eigenvalue weighted by molar-refractivity contribution is 5.87. The van der Waals surface area contributed by atoms with E-state index in [1.165, 1.54) is 0 Å². The van der Waals surface area contributed by atoms with Crippen molar-refractivity contribution in [3.05, 3.63) is 66.2 Å². The molecule has 0 saturated carbocycles. The van der Waals surface area contributed by atoms with Crippen molar-refractivity contribution in [2.45, 2.75) is 39.8 Å². The number of benzene rings is 2. The quantitative estimate of drug-likeness (QED) is 0.682. The van der Waals surface area contributed by atoms with Gasteiger partial charge in [0.15, 0.2) is 6.61 Å². The van der Waals surface area contributed by atoms with Gasteiger partial charge in [-0.05, 0) is 37.0 Å². The van der Waals surface area contributed by atoms with Gasteiger partial charge in [-0.2, -0.15) is 0 Å². The molecular formula is C23H30N2O3. The minimum absolute atomic E-state index is 0.111. The number of carbonyl (C=O) groups excluding carboxylic acids is 2. The van der Waals surface area contributed by atoms with Crippen molar-refractivity contribution in [2.75, 3.05) is 13.2 Å². The Hall–Kier alpha value is -2.82. The molecule has 0 aromatic heterocycles. The van der Waals surface area contributed by atoms with E-state index in [2.05, 4.69) is 19.2 Å². The lowest BCUT2D eigenvalue weighted by Gasteiger charge is -2.29. The number of nitrogens with zero attached hydrogens (tertiary/aromatic N) is 1. The topological polar surface area (TPSA) is 58.6 Å². The molecule has 0 heterocycles. The zero-order valence-electron chi connectivity index (χ0n) is 16.9.